The quantitative estimate of drug-likeness (QED) is 0.740. The van der Waals surface area contributed by atoms with Gasteiger partial charge in [0.25, 0.3) is 0 Å². The van der Waals surface area contributed by atoms with E-state index in [1.54, 1.807) is 0 Å². The summed E-state index contributed by atoms with van der Waals surface area (Å²) in [5.74, 6) is -0.584. The van der Waals surface area contributed by atoms with Gasteiger partial charge in [-0.25, -0.2) is 0 Å². The molecule has 1 rings (SSSR count). The van der Waals surface area contributed by atoms with Gasteiger partial charge in [0, 0.05) is 12.7 Å². The SMILES string of the molecule is CN(C(=O)CCl)c1ccc(C(F)(F)F)cc1. The van der Waals surface area contributed by atoms with Crippen LogP contribution < -0.4 is 4.90 Å². The summed E-state index contributed by atoms with van der Waals surface area (Å²) in [7, 11) is 1.45. The highest BCUT2D eigenvalue weighted by molar-refractivity contribution is 6.29. The molecule has 0 aromatic heterocycles. The van der Waals surface area contributed by atoms with Gasteiger partial charge in [0.2, 0.25) is 5.91 Å². The number of rotatable bonds is 2. The summed E-state index contributed by atoms with van der Waals surface area (Å²) < 4.78 is 36.7. The maximum atomic E-state index is 12.2. The van der Waals surface area contributed by atoms with Gasteiger partial charge in [0.1, 0.15) is 5.88 Å². The Morgan fingerprint density at radius 1 is 1.31 bits per heavy atom. The van der Waals surface area contributed by atoms with Gasteiger partial charge in [0.05, 0.1) is 5.56 Å². The largest absolute Gasteiger partial charge is 0.416 e. The summed E-state index contributed by atoms with van der Waals surface area (Å²) in [5, 5.41) is 0. The van der Waals surface area contributed by atoms with Crippen molar-refractivity contribution in [2.45, 2.75) is 6.18 Å². The average Bonchev–Trinajstić information content (AvgIpc) is 2.26. The van der Waals surface area contributed by atoms with Gasteiger partial charge in [-0.1, -0.05) is 0 Å². The van der Waals surface area contributed by atoms with Crippen molar-refractivity contribution in [3.05, 3.63) is 29.8 Å². The smallest absolute Gasteiger partial charge is 0.314 e. The van der Waals surface area contributed by atoms with Crippen LogP contribution in [0.25, 0.3) is 0 Å². The average molecular weight is 252 g/mol. The molecule has 0 aliphatic rings. The lowest BCUT2D eigenvalue weighted by Gasteiger charge is -2.16. The molecule has 0 N–H and O–H groups in total. The number of halogens is 4. The van der Waals surface area contributed by atoms with E-state index in [9.17, 15) is 18.0 Å². The Bertz CT molecular complexity index is 375. The van der Waals surface area contributed by atoms with Crippen molar-refractivity contribution in [2.75, 3.05) is 17.8 Å². The predicted octanol–water partition coefficient (Wildman–Crippen LogP) is 2.91. The topological polar surface area (TPSA) is 20.3 Å². The van der Waals surface area contributed by atoms with Crippen LogP contribution in [0.2, 0.25) is 0 Å². The standard InChI is InChI=1S/C10H9ClF3NO/c1-15(9(16)6-11)8-4-2-7(3-5-8)10(12,13)14/h2-5H,6H2,1H3. The molecule has 0 saturated heterocycles. The van der Waals surface area contributed by atoms with E-state index in [1.165, 1.54) is 24.1 Å². The first-order chi connectivity index (χ1) is 7.36. The third-order valence-electron chi connectivity index (χ3n) is 2.07. The van der Waals surface area contributed by atoms with Crippen LogP contribution >= 0.6 is 11.6 Å². The number of hydrogen-bond donors (Lipinski definition) is 0. The van der Waals surface area contributed by atoms with Crippen molar-refractivity contribution >= 4 is 23.2 Å². The lowest BCUT2D eigenvalue weighted by atomic mass is 10.2. The van der Waals surface area contributed by atoms with E-state index in [-0.39, 0.29) is 11.8 Å². The Morgan fingerprint density at radius 3 is 2.19 bits per heavy atom. The number of hydrogen-bond acceptors (Lipinski definition) is 1. The van der Waals surface area contributed by atoms with Gasteiger partial charge in [-0.3, -0.25) is 4.79 Å². The number of anilines is 1. The molecule has 0 spiro atoms. The van der Waals surface area contributed by atoms with Gasteiger partial charge >= 0.3 is 6.18 Å². The van der Waals surface area contributed by atoms with E-state index in [0.29, 0.717) is 5.69 Å². The molecule has 0 radical (unpaired) electrons. The summed E-state index contributed by atoms with van der Waals surface area (Å²) in [4.78, 5) is 12.4. The first-order valence-electron chi connectivity index (χ1n) is 4.36. The fourth-order valence-electron chi connectivity index (χ4n) is 1.11. The number of amides is 1. The molecule has 0 fully saturated rings. The van der Waals surface area contributed by atoms with Crippen LogP contribution in [0.4, 0.5) is 18.9 Å². The summed E-state index contributed by atoms with van der Waals surface area (Å²) >= 11 is 5.33. The second-order valence-electron chi connectivity index (χ2n) is 3.13. The Labute approximate surface area is 95.6 Å². The van der Waals surface area contributed by atoms with E-state index in [0.717, 1.165) is 12.1 Å². The van der Waals surface area contributed by atoms with Crippen LogP contribution in [0, 0.1) is 0 Å². The minimum Gasteiger partial charge on any atom is -0.314 e. The molecule has 1 aromatic carbocycles. The predicted molar refractivity (Wildman–Crippen MR) is 55.6 cm³/mol. The molecule has 0 aliphatic carbocycles. The second kappa shape index (κ2) is 4.74. The molecule has 0 unspecified atom stereocenters. The van der Waals surface area contributed by atoms with E-state index in [1.807, 2.05) is 0 Å². The van der Waals surface area contributed by atoms with Crippen LogP contribution in [-0.2, 0) is 11.0 Å². The van der Waals surface area contributed by atoms with E-state index < -0.39 is 11.7 Å². The lowest BCUT2D eigenvalue weighted by molar-refractivity contribution is -0.137. The molecule has 1 aromatic rings. The molecular weight excluding hydrogens is 243 g/mol. The first-order valence-corrected chi connectivity index (χ1v) is 4.89. The fraction of sp³-hybridized carbons (Fsp3) is 0.300. The highest BCUT2D eigenvalue weighted by Crippen LogP contribution is 2.30. The van der Waals surface area contributed by atoms with Crippen LogP contribution in [0.3, 0.4) is 0 Å². The molecule has 0 saturated carbocycles. The molecule has 0 atom stereocenters. The van der Waals surface area contributed by atoms with Gasteiger partial charge in [-0.2, -0.15) is 13.2 Å². The Kier molecular flexibility index (Phi) is 3.80. The van der Waals surface area contributed by atoms with Crippen LogP contribution in [0.5, 0.6) is 0 Å². The number of alkyl halides is 4. The molecule has 88 valence electrons. The van der Waals surface area contributed by atoms with E-state index in [2.05, 4.69) is 0 Å². The Balaban J connectivity index is 2.91. The fourth-order valence-corrected chi connectivity index (χ4v) is 1.29. The van der Waals surface area contributed by atoms with Gasteiger partial charge in [-0.05, 0) is 24.3 Å². The van der Waals surface area contributed by atoms with Crippen molar-refractivity contribution < 1.29 is 18.0 Å². The van der Waals surface area contributed by atoms with Crippen molar-refractivity contribution in [3.8, 4) is 0 Å². The number of benzene rings is 1. The zero-order valence-corrected chi connectivity index (χ0v) is 9.14. The highest BCUT2D eigenvalue weighted by atomic mass is 35.5. The minimum atomic E-state index is -4.37. The number of carbonyl (C=O) groups is 1. The molecule has 16 heavy (non-hydrogen) atoms. The minimum absolute atomic E-state index is 0.211. The maximum absolute atomic E-state index is 12.2. The van der Waals surface area contributed by atoms with Crippen molar-refractivity contribution in [2.24, 2.45) is 0 Å². The normalized spacial score (nSPS) is 11.3. The van der Waals surface area contributed by atoms with Gasteiger partial charge in [0.15, 0.2) is 0 Å². The first kappa shape index (κ1) is 12.8. The number of carbonyl (C=O) groups excluding carboxylic acids is 1. The molecule has 6 heteroatoms. The summed E-state index contributed by atoms with van der Waals surface area (Å²) in [5.41, 5.74) is -0.373. The van der Waals surface area contributed by atoms with Gasteiger partial charge in [-0.15, -0.1) is 11.6 Å². The summed E-state index contributed by atoms with van der Waals surface area (Å²) in [6.07, 6.45) is -4.37. The molecule has 2 nitrogen and oxygen atoms in total. The third kappa shape index (κ3) is 2.88. The highest BCUT2D eigenvalue weighted by Gasteiger charge is 2.30. The van der Waals surface area contributed by atoms with E-state index in [4.69, 9.17) is 11.6 Å². The molecule has 1 amide bonds. The molecular formula is C10H9ClF3NO. The van der Waals surface area contributed by atoms with Crippen LogP contribution in [-0.4, -0.2) is 18.8 Å². The molecule has 0 aliphatic heterocycles. The monoisotopic (exact) mass is 251 g/mol. The van der Waals surface area contributed by atoms with Crippen molar-refractivity contribution in [1.82, 2.24) is 0 Å². The van der Waals surface area contributed by atoms with Crippen molar-refractivity contribution in [3.63, 3.8) is 0 Å². The zero-order valence-electron chi connectivity index (χ0n) is 8.38. The van der Waals surface area contributed by atoms with Crippen LogP contribution in [0.1, 0.15) is 5.56 Å². The van der Waals surface area contributed by atoms with Crippen LogP contribution in [0.15, 0.2) is 24.3 Å². The summed E-state index contributed by atoms with van der Waals surface area (Å²) in [6, 6.07) is 4.31. The Morgan fingerprint density at radius 2 is 1.81 bits per heavy atom. The Hall–Kier alpha value is -1.23. The summed E-state index contributed by atoms with van der Waals surface area (Å²) in [6.45, 7) is 0. The molecule has 0 bridgehead atoms. The molecule has 0 heterocycles. The zero-order chi connectivity index (χ0) is 12.3. The lowest BCUT2D eigenvalue weighted by Crippen LogP contribution is -2.27. The third-order valence-corrected chi connectivity index (χ3v) is 2.30. The van der Waals surface area contributed by atoms with Gasteiger partial charge < -0.3 is 4.90 Å². The van der Waals surface area contributed by atoms with Crippen molar-refractivity contribution in [1.29, 1.82) is 0 Å². The number of nitrogens with zero attached hydrogens (tertiary/aromatic N) is 1. The second-order valence-corrected chi connectivity index (χ2v) is 3.40. The maximum Gasteiger partial charge on any atom is 0.416 e. The van der Waals surface area contributed by atoms with E-state index >= 15 is 0 Å².